The average Bonchev–Trinajstić information content (AvgIpc) is 2.47. The molecule has 3 N–H and O–H groups in total. The van der Waals surface area contributed by atoms with Gasteiger partial charge in [0.15, 0.2) is 0 Å². The summed E-state index contributed by atoms with van der Waals surface area (Å²) in [6.45, 7) is 2.26. The van der Waals surface area contributed by atoms with Gasteiger partial charge in [-0.2, -0.15) is 0 Å². The summed E-state index contributed by atoms with van der Waals surface area (Å²) in [4.78, 5) is 0. The first-order valence-corrected chi connectivity index (χ1v) is 5.24. The number of ether oxygens (including phenoxy) is 1. The third kappa shape index (κ3) is 1.91. The summed E-state index contributed by atoms with van der Waals surface area (Å²) in [6, 6.07) is 0. The Balaban J connectivity index is 0.000000980. The SMILES string of the molecule is Cl.NC[C@@H]1CCC2(CCOCC2)[C@@H]1O. The molecule has 1 aliphatic carbocycles. The Morgan fingerprint density at radius 2 is 1.93 bits per heavy atom. The Bertz CT molecular complexity index is 183. The van der Waals surface area contributed by atoms with Crippen molar-refractivity contribution in [3.63, 3.8) is 0 Å². The molecule has 2 atom stereocenters. The van der Waals surface area contributed by atoms with Gasteiger partial charge in [-0.05, 0) is 38.1 Å². The molecule has 2 aliphatic rings. The summed E-state index contributed by atoms with van der Waals surface area (Å²) < 4.78 is 5.33. The lowest BCUT2D eigenvalue weighted by Crippen LogP contribution is -2.40. The van der Waals surface area contributed by atoms with E-state index in [0.717, 1.165) is 38.9 Å². The van der Waals surface area contributed by atoms with Gasteiger partial charge in [-0.1, -0.05) is 0 Å². The van der Waals surface area contributed by atoms with Gasteiger partial charge < -0.3 is 15.6 Å². The molecule has 1 heterocycles. The molecule has 2 rings (SSSR count). The van der Waals surface area contributed by atoms with Crippen LogP contribution in [0.3, 0.4) is 0 Å². The molecule has 0 unspecified atom stereocenters. The Morgan fingerprint density at radius 1 is 1.29 bits per heavy atom. The number of hydrogen-bond donors (Lipinski definition) is 2. The predicted octanol–water partition coefficient (Wildman–Crippen LogP) is 0.935. The van der Waals surface area contributed by atoms with E-state index in [2.05, 4.69) is 0 Å². The van der Waals surface area contributed by atoms with Crippen LogP contribution >= 0.6 is 12.4 Å². The first-order chi connectivity index (χ1) is 6.28. The van der Waals surface area contributed by atoms with Gasteiger partial charge in [-0.3, -0.25) is 0 Å². The molecule has 0 bridgehead atoms. The van der Waals surface area contributed by atoms with Gasteiger partial charge in [-0.15, -0.1) is 12.4 Å². The van der Waals surface area contributed by atoms with E-state index in [-0.39, 0.29) is 23.9 Å². The molecule has 3 nitrogen and oxygen atoms in total. The second-order valence-electron chi connectivity index (χ2n) is 4.45. The molecular weight excluding hydrogens is 202 g/mol. The van der Waals surface area contributed by atoms with E-state index in [1.54, 1.807) is 0 Å². The van der Waals surface area contributed by atoms with Crippen LogP contribution in [0.4, 0.5) is 0 Å². The van der Waals surface area contributed by atoms with E-state index in [1.807, 2.05) is 0 Å². The molecule has 2 fully saturated rings. The third-order valence-corrected chi connectivity index (χ3v) is 3.88. The van der Waals surface area contributed by atoms with E-state index in [4.69, 9.17) is 10.5 Å². The summed E-state index contributed by atoms with van der Waals surface area (Å²) in [5.41, 5.74) is 5.78. The maximum absolute atomic E-state index is 10.1. The van der Waals surface area contributed by atoms with Crippen molar-refractivity contribution >= 4 is 12.4 Å². The molecule has 1 saturated carbocycles. The summed E-state index contributed by atoms with van der Waals surface area (Å²) in [7, 11) is 0. The molecule has 14 heavy (non-hydrogen) atoms. The van der Waals surface area contributed by atoms with E-state index >= 15 is 0 Å². The zero-order valence-corrected chi connectivity index (χ0v) is 9.26. The van der Waals surface area contributed by atoms with Crippen LogP contribution in [0.5, 0.6) is 0 Å². The van der Waals surface area contributed by atoms with Crippen molar-refractivity contribution in [3.05, 3.63) is 0 Å². The van der Waals surface area contributed by atoms with Crippen molar-refractivity contribution in [3.8, 4) is 0 Å². The van der Waals surface area contributed by atoms with Crippen LogP contribution in [0.25, 0.3) is 0 Å². The quantitative estimate of drug-likeness (QED) is 0.693. The maximum Gasteiger partial charge on any atom is 0.0638 e. The van der Waals surface area contributed by atoms with Crippen LogP contribution in [0, 0.1) is 11.3 Å². The van der Waals surface area contributed by atoms with Crippen LogP contribution in [0.1, 0.15) is 25.7 Å². The second-order valence-corrected chi connectivity index (χ2v) is 4.45. The lowest BCUT2D eigenvalue weighted by molar-refractivity contribution is -0.0549. The minimum Gasteiger partial charge on any atom is -0.392 e. The highest BCUT2D eigenvalue weighted by molar-refractivity contribution is 5.85. The first kappa shape index (κ1) is 12.2. The lowest BCUT2D eigenvalue weighted by Gasteiger charge is -2.37. The highest BCUT2D eigenvalue weighted by Gasteiger charge is 2.47. The van der Waals surface area contributed by atoms with E-state index < -0.39 is 0 Å². The summed E-state index contributed by atoms with van der Waals surface area (Å²) >= 11 is 0. The fourth-order valence-corrected chi connectivity index (χ4v) is 2.85. The standard InChI is InChI=1S/C10H19NO2.ClH/c11-7-8-1-2-10(9(8)12)3-5-13-6-4-10;/h8-9,12H,1-7,11H2;1H/t8-,9+;/m0./s1. The molecule has 1 aliphatic heterocycles. The zero-order valence-electron chi connectivity index (χ0n) is 8.45. The highest BCUT2D eigenvalue weighted by atomic mass is 35.5. The van der Waals surface area contributed by atoms with Crippen molar-refractivity contribution in [2.45, 2.75) is 31.8 Å². The van der Waals surface area contributed by atoms with E-state index in [1.165, 1.54) is 0 Å². The molecular formula is C10H20ClNO2. The topological polar surface area (TPSA) is 55.5 Å². The van der Waals surface area contributed by atoms with Gasteiger partial charge in [0.05, 0.1) is 6.10 Å². The molecule has 84 valence electrons. The highest BCUT2D eigenvalue weighted by Crippen LogP contribution is 2.48. The monoisotopic (exact) mass is 221 g/mol. The molecule has 4 heteroatoms. The van der Waals surface area contributed by atoms with Gasteiger partial charge >= 0.3 is 0 Å². The number of nitrogens with two attached hydrogens (primary N) is 1. The van der Waals surface area contributed by atoms with Crippen LogP contribution in [-0.2, 0) is 4.74 Å². The van der Waals surface area contributed by atoms with Crippen LogP contribution in [0.15, 0.2) is 0 Å². The van der Waals surface area contributed by atoms with Gasteiger partial charge in [0, 0.05) is 18.6 Å². The summed E-state index contributed by atoms with van der Waals surface area (Å²) in [5, 5.41) is 10.1. The summed E-state index contributed by atoms with van der Waals surface area (Å²) in [6.07, 6.45) is 4.09. The maximum atomic E-state index is 10.1. The molecule has 0 amide bonds. The lowest BCUT2D eigenvalue weighted by atomic mass is 9.76. The second kappa shape index (κ2) is 4.79. The summed E-state index contributed by atoms with van der Waals surface area (Å²) in [5.74, 6) is 0.332. The number of rotatable bonds is 1. The smallest absolute Gasteiger partial charge is 0.0638 e. The Kier molecular flexibility index (Phi) is 4.19. The van der Waals surface area contributed by atoms with Crippen molar-refractivity contribution in [1.29, 1.82) is 0 Å². The normalized spacial score (nSPS) is 35.6. The first-order valence-electron chi connectivity index (χ1n) is 5.24. The molecule has 0 radical (unpaired) electrons. The minimum atomic E-state index is -0.179. The van der Waals surface area contributed by atoms with Gasteiger partial charge in [-0.25, -0.2) is 0 Å². The largest absolute Gasteiger partial charge is 0.392 e. The van der Waals surface area contributed by atoms with Crippen molar-refractivity contribution in [2.75, 3.05) is 19.8 Å². The third-order valence-electron chi connectivity index (χ3n) is 3.88. The van der Waals surface area contributed by atoms with Crippen LogP contribution in [-0.4, -0.2) is 31.0 Å². The number of aliphatic hydroxyl groups excluding tert-OH is 1. The minimum absolute atomic E-state index is 0. The molecule has 0 aromatic rings. The van der Waals surface area contributed by atoms with Crippen molar-refractivity contribution in [1.82, 2.24) is 0 Å². The Morgan fingerprint density at radius 3 is 2.43 bits per heavy atom. The van der Waals surface area contributed by atoms with E-state index in [0.29, 0.717) is 12.5 Å². The van der Waals surface area contributed by atoms with Crippen molar-refractivity contribution < 1.29 is 9.84 Å². The number of aliphatic hydroxyl groups is 1. The fraction of sp³-hybridized carbons (Fsp3) is 1.00. The Labute approximate surface area is 91.4 Å². The van der Waals surface area contributed by atoms with Gasteiger partial charge in [0.25, 0.3) is 0 Å². The van der Waals surface area contributed by atoms with Crippen LogP contribution < -0.4 is 5.73 Å². The van der Waals surface area contributed by atoms with Gasteiger partial charge in [0.2, 0.25) is 0 Å². The molecule has 1 saturated heterocycles. The van der Waals surface area contributed by atoms with Crippen molar-refractivity contribution in [2.24, 2.45) is 17.1 Å². The van der Waals surface area contributed by atoms with Gasteiger partial charge in [0.1, 0.15) is 0 Å². The molecule has 1 spiro atoms. The Hall–Kier alpha value is 0.170. The van der Waals surface area contributed by atoms with Crippen LogP contribution in [0.2, 0.25) is 0 Å². The number of hydrogen-bond acceptors (Lipinski definition) is 3. The zero-order chi connectivity index (χ0) is 9.31. The average molecular weight is 222 g/mol. The fourth-order valence-electron chi connectivity index (χ4n) is 2.85. The number of halogens is 1. The predicted molar refractivity (Wildman–Crippen MR) is 57.5 cm³/mol. The van der Waals surface area contributed by atoms with E-state index in [9.17, 15) is 5.11 Å². The molecule has 0 aromatic heterocycles. The molecule has 0 aromatic carbocycles.